The van der Waals surface area contributed by atoms with E-state index < -0.39 is 10.0 Å². The SMILES string of the molecule is Cc1ccc(NS(=O)(=O)c2cccc(N=c3sc4ccccc4n3S)c2)cc1. The summed E-state index contributed by atoms with van der Waals surface area (Å²) in [6.07, 6.45) is 0. The second-order valence-electron chi connectivity index (χ2n) is 6.24. The number of nitrogens with one attached hydrogen (secondary N) is 1. The van der Waals surface area contributed by atoms with E-state index in [9.17, 15) is 8.42 Å². The number of benzene rings is 3. The molecule has 1 heterocycles. The van der Waals surface area contributed by atoms with Crippen LogP contribution in [0.15, 0.2) is 82.7 Å². The van der Waals surface area contributed by atoms with Crippen molar-refractivity contribution in [1.29, 1.82) is 0 Å². The summed E-state index contributed by atoms with van der Waals surface area (Å²) in [6, 6.07) is 21.6. The van der Waals surface area contributed by atoms with Crippen LogP contribution in [-0.2, 0) is 10.0 Å². The van der Waals surface area contributed by atoms with Gasteiger partial charge in [0, 0.05) is 5.69 Å². The van der Waals surface area contributed by atoms with Gasteiger partial charge in [-0.2, -0.15) is 0 Å². The summed E-state index contributed by atoms with van der Waals surface area (Å²) >= 11 is 6.00. The lowest BCUT2D eigenvalue weighted by molar-refractivity contribution is 0.601. The number of anilines is 1. The summed E-state index contributed by atoms with van der Waals surface area (Å²) in [4.78, 5) is 5.41. The average molecular weight is 428 g/mol. The molecule has 5 nitrogen and oxygen atoms in total. The van der Waals surface area contributed by atoms with E-state index in [4.69, 9.17) is 0 Å². The van der Waals surface area contributed by atoms with E-state index in [2.05, 4.69) is 22.5 Å². The monoisotopic (exact) mass is 427 g/mol. The molecule has 0 aliphatic heterocycles. The smallest absolute Gasteiger partial charge is 0.261 e. The molecule has 8 heteroatoms. The molecule has 0 saturated carbocycles. The molecule has 0 amide bonds. The van der Waals surface area contributed by atoms with Gasteiger partial charge >= 0.3 is 0 Å². The molecule has 0 unspecified atom stereocenters. The molecule has 0 aliphatic carbocycles. The van der Waals surface area contributed by atoms with Crippen molar-refractivity contribution in [2.24, 2.45) is 4.99 Å². The fourth-order valence-electron chi connectivity index (χ4n) is 2.70. The maximum Gasteiger partial charge on any atom is 0.261 e. The zero-order valence-corrected chi connectivity index (χ0v) is 17.4. The van der Waals surface area contributed by atoms with Crippen molar-refractivity contribution >= 4 is 55.8 Å². The molecule has 0 spiro atoms. The Balaban J connectivity index is 1.71. The molecule has 0 aliphatic rings. The highest BCUT2D eigenvalue weighted by atomic mass is 32.2. The number of hydrogen-bond donors (Lipinski definition) is 2. The van der Waals surface area contributed by atoms with Gasteiger partial charge in [0.15, 0.2) is 0 Å². The van der Waals surface area contributed by atoms with Crippen molar-refractivity contribution in [1.82, 2.24) is 3.97 Å². The van der Waals surface area contributed by atoms with E-state index in [0.29, 0.717) is 16.2 Å². The predicted molar refractivity (Wildman–Crippen MR) is 118 cm³/mol. The van der Waals surface area contributed by atoms with Gasteiger partial charge < -0.3 is 0 Å². The van der Waals surface area contributed by atoms with Gasteiger partial charge in [0.1, 0.15) is 0 Å². The van der Waals surface area contributed by atoms with Crippen molar-refractivity contribution in [3.05, 3.63) is 83.2 Å². The van der Waals surface area contributed by atoms with Gasteiger partial charge in [-0.15, -0.1) is 0 Å². The molecule has 28 heavy (non-hydrogen) atoms. The van der Waals surface area contributed by atoms with Crippen LogP contribution < -0.4 is 9.52 Å². The molecule has 0 radical (unpaired) electrons. The highest BCUT2D eigenvalue weighted by Gasteiger charge is 2.14. The fourth-order valence-corrected chi connectivity index (χ4v) is 5.15. The van der Waals surface area contributed by atoms with Gasteiger partial charge in [-0.3, -0.25) is 8.69 Å². The van der Waals surface area contributed by atoms with Crippen LogP contribution in [0.5, 0.6) is 0 Å². The molecule has 4 aromatic rings. The van der Waals surface area contributed by atoms with Crippen LogP contribution in [0.25, 0.3) is 10.2 Å². The number of thiazole rings is 1. The minimum atomic E-state index is -3.71. The number of thiol groups is 1. The zero-order chi connectivity index (χ0) is 19.7. The summed E-state index contributed by atoms with van der Waals surface area (Å²) in [5.41, 5.74) is 3.08. The van der Waals surface area contributed by atoms with E-state index in [1.54, 1.807) is 40.4 Å². The number of rotatable bonds is 4. The summed E-state index contributed by atoms with van der Waals surface area (Å²) in [7, 11) is -3.71. The number of aryl methyl sites for hydroxylation is 1. The molecule has 1 N–H and O–H groups in total. The Bertz CT molecular complexity index is 1320. The fraction of sp³-hybridized carbons (Fsp3) is 0.0500. The van der Waals surface area contributed by atoms with Crippen molar-refractivity contribution in [2.45, 2.75) is 11.8 Å². The van der Waals surface area contributed by atoms with Crippen LogP contribution in [0, 0.1) is 6.92 Å². The number of para-hydroxylation sites is 1. The van der Waals surface area contributed by atoms with Crippen LogP contribution in [-0.4, -0.2) is 12.4 Å². The van der Waals surface area contributed by atoms with Gasteiger partial charge in [0.25, 0.3) is 10.0 Å². The van der Waals surface area contributed by atoms with E-state index in [0.717, 1.165) is 15.8 Å². The minimum Gasteiger partial charge on any atom is -0.280 e. The Hall–Kier alpha value is -2.55. The third-order valence-corrected chi connectivity index (χ3v) is 7.07. The quantitative estimate of drug-likeness (QED) is 0.462. The normalized spacial score (nSPS) is 12.4. The second kappa shape index (κ2) is 7.46. The number of hydrogen-bond acceptors (Lipinski definition) is 5. The van der Waals surface area contributed by atoms with E-state index in [1.807, 2.05) is 43.3 Å². The number of aromatic nitrogens is 1. The summed E-state index contributed by atoms with van der Waals surface area (Å²) < 4.78 is 30.8. The van der Waals surface area contributed by atoms with Crippen LogP contribution in [0.1, 0.15) is 5.56 Å². The third kappa shape index (κ3) is 3.84. The molecule has 1 aromatic heterocycles. The number of sulfonamides is 1. The molecule has 4 rings (SSSR count). The lowest BCUT2D eigenvalue weighted by Crippen LogP contribution is -2.12. The lowest BCUT2D eigenvalue weighted by atomic mass is 10.2. The van der Waals surface area contributed by atoms with Crippen molar-refractivity contribution in [2.75, 3.05) is 4.72 Å². The molecule has 0 atom stereocenters. The van der Waals surface area contributed by atoms with Crippen molar-refractivity contribution < 1.29 is 8.42 Å². The number of fused-ring (bicyclic) bond motifs is 1. The zero-order valence-electron chi connectivity index (χ0n) is 14.9. The van der Waals surface area contributed by atoms with Crippen LogP contribution in [0.2, 0.25) is 0 Å². The first kappa shape index (κ1) is 18.8. The Morgan fingerprint density at radius 3 is 2.50 bits per heavy atom. The highest BCUT2D eigenvalue weighted by molar-refractivity contribution is 7.92. The average Bonchev–Trinajstić information content (AvgIpc) is 3.00. The Kier molecular flexibility index (Phi) is 5.01. The largest absolute Gasteiger partial charge is 0.280 e. The second-order valence-corrected chi connectivity index (χ2v) is 9.34. The van der Waals surface area contributed by atoms with E-state index in [-0.39, 0.29) is 4.90 Å². The van der Waals surface area contributed by atoms with Crippen LogP contribution in [0.3, 0.4) is 0 Å². The van der Waals surface area contributed by atoms with Crippen molar-refractivity contribution in [3.8, 4) is 0 Å². The van der Waals surface area contributed by atoms with Gasteiger partial charge in [0.05, 0.1) is 20.8 Å². The Labute approximate surface area is 172 Å². The molecule has 0 saturated heterocycles. The minimum absolute atomic E-state index is 0.154. The molecule has 0 fully saturated rings. The van der Waals surface area contributed by atoms with Gasteiger partial charge in [0.2, 0.25) is 4.80 Å². The number of nitrogens with zero attached hydrogens (tertiary/aromatic N) is 2. The summed E-state index contributed by atoms with van der Waals surface area (Å²) in [6.45, 7) is 1.95. The Morgan fingerprint density at radius 1 is 1.00 bits per heavy atom. The van der Waals surface area contributed by atoms with Gasteiger partial charge in [-0.1, -0.05) is 60.0 Å². The molecule has 3 aromatic carbocycles. The first-order valence-electron chi connectivity index (χ1n) is 8.46. The Morgan fingerprint density at radius 2 is 1.75 bits per heavy atom. The van der Waals surface area contributed by atoms with Crippen molar-refractivity contribution in [3.63, 3.8) is 0 Å². The van der Waals surface area contributed by atoms with Crippen LogP contribution in [0.4, 0.5) is 11.4 Å². The third-order valence-electron chi connectivity index (χ3n) is 4.13. The maximum absolute atomic E-state index is 12.7. The van der Waals surface area contributed by atoms with E-state index in [1.165, 1.54) is 11.3 Å². The lowest BCUT2D eigenvalue weighted by Gasteiger charge is -2.08. The van der Waals surface area contributed by atoms with Gasteiger partial charge in [-0.25, -0.2) is 13.4 Å². The summed E-state index contributed by atoms with van der Waals surface area (Å²) in [5.74, 6) is 0. The maximum atomic E-state index is 12.7. The van der Waals surface area contributed by atoms with Gasteiger partial charge in [-0.05, 0) is 49.4 Å². The highest BCUT2D eigenvalue weighted by Crippen LogP contribution is 2.22. The standard InChI is InChI=1S/C20H17N3O2S3/c1-14-9-11-15(12-10-14)22-28(24,25)17-6-4-5-16(13-17)21-20-23(26)18-7-2-3-8-19(18)27-20/h2-13,22,26H,1H3. The first-order chi connectivity index (χ1) is 13.4. The summed E-state index contributed by atoms with van der Waals surface area (Å²) in [5, 5.41) is 0. The van der Waals surface area contributed by atoms with E-state index >= 15 is 0 Å². The molecular weight excluding hydrogens is 410 g/mol. The molecular formula is C20H17N3O2S3. The molecule has 0 bridgehead atoms. The first-order valence-corrected chi connectivity index (χ1v) is 11.2. The molecule has 142 valence electrons. The predicted octanol–water partition coefficient (Wildman–Crippen LogP) is 4.74. The van der Waals surface area contributed by atoms with Crippen LogP contribution >= 0.6 is 24.2 Å². The topological polar surface area (TPSA) is 63.5 Å².